The van der Waals surface area contributed by atoms with Crippen LogP contribution in [0.1, 0.15) is 22.5 Å². The van der Waals surface area contributed by atoms with Crippen LogP contribution in [-0.4, -0.2) is 17.1 Å². The summed E-state index contributed by atoms with van der Waals surface area (Å²) in [4.78, 5) is 6.96. The van der Waals surface area contributed by atoms with E-state index in [0.717, 1.165) is 29.8 Å². The Morgan fingerprint density at radius 3 is 2.94 bits per heavy atom. The van der Waals surface area contributed by atoms with Gasteiger partial charge >= 0.3 is 0 Å². The van der Waals surface area contributed by atoms with E-state index in [9.17, 15) is 0 Å². The number of benzene rings is 1. The van der Waals surface area contributed by atoms with Gasteiger partial charge in [0.1, 0.15) is 11.8 Å². The number of nitrogens with one attached hydrogen (secondary N) is 1. The minimum atomic E-state index is 0.474. The van der Waals surface area contributed by atoms with E-state index in [-0.39, 0.29) is 0 Å². The van der Waals surface area contributed by atoms with Crippen molar-refractivity contribution >= 4 is 0 Å². The highest BCUT2D eigenvalue weighted by atomic mass is 16.5. The standard InChI is InChI=1S/C14H15N3O/c1-10-3-6-14(18-2)11(7-10)4-5-12-13(8-15)17-9-16-12/h3,6-7,9H,4-5H2,1-2H3,(H,16,17). The van der Waals surface area contributed by atoms with Gasteiger partial charge in [-0.05, 0) is 31.4 Å². The first kappa shape index (κ1) is 12.2. The minimum Gasteiger partial charge on any atom is -0.496 e. The van der Waals surface area contributed by atoms with Crippen molar-refractivity contribution in [3.63, 3.8) is 0 Å². The number of aromatic nitrogens is 2. The summed E-state index contributed by atoms with van der Waals surface area (Å²) in [5.74, 6) is 0.888. The molecule has 0 radical (unpaired) electrons. The summed E-state index contributed by atoms with van der Waals surface area (Å²) < 4.78 is 5.34. The first-order chi connectivity index (χ1) is 8.74. The van der Waals surface area contributed by atoms with Crippen LogP contribution in [0.25, 0.3) is 0 Å². The first-order valence-electron chi connectivity index (χ1n) is 5.80. The summed E-state index contributed by atoms with van der Waals surface area (Å²) in [5.41, 5.74) is 3.70. The van der Waals surface area contributed by atoms with Crippen LogP contribution in [-0.2, 0) is 12.8 Å². The topological polar surface area (TPSA) is 61.7 Å². The Hall–Kier alpha value is -2.28. The zero-order valence-electron chi connectivity index (χ0n) is 10.5. The quantitative estimate of drug-likeness (QED) is 0.894. The van der Waals surface area contributed by atoms with Crippen molar-refractivity contribution in [3.8, 4) is 11.8 Å². The van der Waals surface area contributed by atoms with E-state index >= 15 is 0 Å². The molecular formula is C14H15N3O. The molecule has 1 N–H and O–H groups in total. The molecule has 18 heavy (non-hydrogen) atoms. The van der Waals surface area contributed by atoms with E-state index in [1.54, 1.807) is 13.4 Å². The highest BCUT2D eigenvalue weighted by Gasteiger charge is 2.08. The number of H-pyrrole nitrogens is 1. The summed E-state index contributed by atoms with van der Waals surface area (Å²) in [7, 11) is 1.67. The molecule has 0 saturated heterocycles. The molecule has 92 valence electrons. The molecule has 1 aromatic heterocycles. The lowest BCUT2D eigenvalue weighted by atomic mass is 10.0. The van der Waals surface area contributed by atoms with E-state index in [0.29, 0.717) is 5.69 Å². The zero-order chi connectivity index (χ0) is 13.0. The molecule has 4 heteroatoms. The SMILES string of the molecule is COc1ccc(C)cc1CCc1[nH]cnc1C#N. The Morgan fingerprint density at radius 1 is 1.39 bits per heavy atom. The van der Waals surface area contributed by atoms with Crippen molar-refractivity contribution in [2.75, 3.05) is 7.11 Å². The largest absolute Gasteiger partial charge is 0.496 e. The van der Waals surface area contributed by atoms with Crippen molar-refractivity contribution in [1.29, 1.82) is 5.26 Å². The molecule has 2 aromatic rings. The molecule has 0 unspecified atom stereocenters. The fourth-order valence-corrected chi connectivity index (χ4v) is 1.97. The van der Waals surface area contributed by atoms with Crippen molar-refractivity contribution in [3.05, 3.63) is 47.0 Å². The molecule has 0 fully saturated rings. The number of rotatable bonds is 4. The van der Waals surface area contributed by atoms with E-state index in [1.165, 1.54) is 5.56 Å². The van der Waals surface area contributed by atoms with Crippen molar-refractivity contribution in [1.82, 2.24) is 9.97 Å². The Balaban J connectivity index is 2.15. The Bertz CT molecular complexity index is 581. The van der Waals surface area contributed by atoms with Gasteiger partial charge in [0.05, 0.1) is 19.1 Å². The second-order valence-electron chi connectivity index (χ2n) is 4.16. The van der Waals surface area contributed by atoms with Crippen LogP contribution in [0.4, 0.5) is 0 Å². The minimum absolute atomic E-state index is 0.474. The van der Waals surface area contributed by atoms with E-state index in [1.807, 2.05) is 12.1 Å². The van der Waals surface area contributed by atoms with Crippen LogP contribution >= 0.6 is 0 Å². The Morgan fingerprint density at radius 2 is 2.22 bits per heavy atom. The molecule has 0 spiro atoms. The second kappa shape index (κ2) is 5.37. The third-order valence-electron chi connectivity index (χ3n) is 2.90. The third kappa shape index (κ3) is 2.51. The lowest BCUT2D eigenvalue weighted by molar-refractivity contribution is 0.409. The molecule has 2 rings (SSSR count). The van der Waals surface area contributed by atoms with E-state index in [2.05, 4.69) is 29.0 Å². The number of nitrogens with zero attached hydrogens (tertiary/aromatic N) is 2. The zero-order valence-corrected chi connectivity index (χ0v) is 10.5. The van der Waals surface area contributed by atoms with Gasteiger partial charge in [-0.15, -0.1) is 0 Å². The second-order valence-corrected chi connectivity index (χ2v) is 4.16. The van der Waals surface area contributed by atoms with Gasteiger partial charge in [-0.25, -0.2) is 4.98 Å². The van der Waals surface area contributed by atoms with Crippen molar-refractivity contribution in [2.24, 2.45) is 0 Å². The van der Waals surface area contributed by atoms with Gasteiger partial charge in [-0.1, -0.05) is 17.7 Å². The molecule has 0 aliphatic heterocycles. The predicted octanol–water partition coefficient (Wildman–Crippen LogP) is 2.38. The Kier molecular flexibility index (Phi) is 3.63. The molecule has 0 saturated carbocycles. The summed E-state index contributed by atoms with van der Waals surface area (Å²) in [6, 6.07) is 8.19. The number of imidazole rings is 1. The smallest absolute Gasteiger partial charge is 0.161 e. The highest BCUT2D eigenvalue weighted by Crippen LogP contribution is 2.21. The average molecular weight is 241 g/mol. The van der Waals surface area contributed by atoms with Crippen LogP contribution in [0.15, 0.2) is 24.5 Å². The molecule has 0 aliphatic rings. The number of nitriles is 1. The van der Waals surface area contributed by atoms with Gasteiger partial charge in [-0.3, -0.25) is 0 Å². The summed E-state index contributed by atoms with van der Waals surface area (Å²) >= 11 is 0. The van der Waals surface area contributed by atoms with Gasteiger partial charge in [0.15, 0.2) is 5.69 Å². The third-order valence-corrected chi connectivity index (χ3v) is 2.90. The maximum atomic E-state index is 8.89. The lowest BCUT2D eigenvalue weighted by Gasteiger charge is -2.08. The van der Waals surface area contributed by atoms with Crippen LogP contribution in [0.2, 0.25) is 0 Å². The molecule has 1 aromatic carbocycles. The summed E-state index contributed by atoms with van der Waals surface area (Å²) in [5, 5.41) is 8.89. The predicted molar refractivity (Wildman–Crippen MR) is 68.4 cm³/mol. The molecular weight excluding hydrogens is 226 g/mol. The van der Waals surface area contributed by atoms with Gasteiger partial charge < -0.3 is 9.72 Å². The Labute approximate surface area is 106 Å². The maximum absolute atomic E-state index is 8.89. The van der Waals surface area contributed by atoms with Crippen LogP contribution in [0.3, 0.4) is 0 Å². The van der Waals surface area contributed by atoms with E-state index < -0.39 is 0 Å². The fraction of sp³-hybridized carbons (Fsp3) is 0.286. The molecule has 0 atom stereocenters. The van der Waals surface area contributed by atoms with Crippen LogP contribution in [0, 0.1) is 18.3 Å². The molecule has 0 aliphatic carbocycles. The summed E-state index contributed by atoms with van der Waals surface area (Å²) in [6.07, 6.45) is 3.13. The van der Waals surface area contributed by atoms with Crippen molar-refractivity contribution in [2.45, 2.75) is 19.8 Å². The van der Waals surface area contributed by atoms with Gasteiger partial charge in [0, 0.05) is 0 Å². The van der Waals surface area contributed by atoms with Crippen LogP contribution in [0.5, 0.6) is 5.75 Å². The lowest BCUT2D eigenvalue weighted by Crippen LogP contribution is -1.98. The number of aromatic amines is 1. The number of ether oxygens (including phenoxy) is 1. The number of hydrogen-bond donors (Lipinski definition) is 1. The fourth-order valence-electron chi connectivity index (χ4n) is 1.97. The molecule has 1 heterocycles. The maximum Gasteiger partial charge on any atom is 0.161 e. The van der Waals surface area contributed by atoms with Gasteiger partial charge in [-0.2, -0.15) is 5.26 Å². The van der Waals surface area contributed by atoms with E-state index in [4.69, 9.17) is 10.00 Å². The number of hydrogen-bond acceptors (Lipinski definition) is 3. The number of methoxy groups -OCH3 is 1. The summed E-state index contributed by atoms with van der Waals surface area (Å²) in [6.45, 7) is 2.06. The van der Waals surface area contributed by atoms with Crippen molar-refractivity contribution < 1.29 is 4.74 Å². The molecule has 0 bridgehead atoms. The van der Waals surface area contributed by atoms with Crippen LogP contribution < -0.4 is 4.74 Å². The van der Waals surface area contributed by atoms with Gasteiger partial charge in [0.2, 0.25) is 0 Å². The first-order valence-corrected chi connectivity index (χ1v) is 5.80. The molecule has 0 amide bonds. The van der Waals surface area contributed by atoms with Gasteiger partial charge in [0.25, 0.3) is 0 Å². The molecule has 4 nitrogen and oxygen atoms in total. The average Bonchev–Trinajstić information content (AvgIpc) is 2.84. The highest BCUT2D eigenvalue weighted by molar-refractivity contribution is 5.37. The normalized spacial score (nSPS) is 10.1. The number of aryl methyl sites for hydroxylation is 3. The monoisotopic (exact) mass is 241 g/mol.